The highest BCUT2D eigenvalue weighted by Gasteiger charge is 2.47. The first-order chi connectivity index (χ1) is 12.7. The molecule has 0 saturated heterocycles. The maximum atomic E-state index is 13.2. The number of alkyl halides is 2. The van der Waals surface area contributed by atoms with Gasteiger partial charge in [0, 0.05) is 53.5 Å². The van der Waals surface area contributed by atoms with Gasteiger partial charge in [0.1, 0.15) is 0 Å². The largest absolute Gasteiger partial charge is 0.327 e. The molecule has 3 aliphatic carbocycles. The number of nitrogens with two attached hydrogens (primary N) is 1. The van der Waals surface area contributed by atoms with Crippen LogP contribution in [0.1, 0.15) is 48.4 Å². The summed E-state index contributed by atoms with van der Waals surface area (Å²) in [7, 11) is -3.93. The van der Waals surface area contributed by atoms with Crippen LogP contribution in [-0.2, 0) is 22.9 Å². The summed E-state index contributed by atoms with van der Waals surface area (Å²) < 4.78 is 55.3. The molecule has 8 heteroatoms. The molecule has 5 nitrogen and oxygen atoms in total. The highest BCUT2D eigenvalue weighted by Crippen LogP contribution is 2.43. The molecule has 0 spiro atoms. The number of rotatable bonds is 4. The summed E-state index contributed by atoms with van der Waals surface area (Å²) in [6.07, 6.45) is 4.03. The van der Waals surface area contributed by atoms with Crippen LogP contribution in [0.15, 0.2) is 23.2 Å². The minimum Gasteiger partial charge on any atom is -0.327 e. The van der Waals surface area contributed by atoms with Crippen molar-refractivity contribution in [2.75, 3.05) is 0 Å². The molecule has 1 aromatic carbocycles. The van der Waals surface area contributed by atoms with Crippen LogP contribution in [0.4, 0.5) is 8.78 Å². The molecular formula is C19H21F2N3O2S. The Labute approximate surface area is 156 Å². The normalized spacial score (nSPS) is 24.8. The standard InChI is InChI=1S/C19H21F2N3O2S/c20-19(21)7-14(8-19)24-27(25,26)18-15-5-13(22)4-11(15)3-12-9-23-17(6-16(12)18)10-1-2-10/h3,6,9-10,13-14,24H,1-2,4-5,7-8,22H2. The average Bonchev–Trinajstić information content (AvgIpc) is 3.31. The highest BCUT2D eigenvalue weighted by atomic mass is 32.2. The summed E-state index contributed by atoms with van der Waals surface area (Å²) >= 11 is 0. The van der Waals surface area contributed by atoms with E-state index >= 15 is 0 Å². The Morgan fingerprint density at radius 1 is 1.19 bits per heavy atom. The summed E-state index contributed by atoms with van der Waals surface area (Å²) in [5.74, 6) is -2.39. The topological polar surface area (TPSA) is 85.1 Å². The molecule has 2 aromatic rings. The number of hydrogen-bond acceptors (Lipinski definition) is 4. The molecule has 5 rings (SSSR count). The van der Waals surface area contributed by atoms with Gasteiger partial charge >= 0.3 is 0 Å². The molecule has 0 aliphatic heterocycles. The van der Waals surface area contributed by atoms with E-state index in [1.165, 1.54) is 0 Å². The van der Waals surface area contributed by atoms with Gasteiger partial charge in [0.25, 0.3) is 5.92 Å². The van der Waals surface area contributed by atoms with Crippen LogP contribution in [0.2, 0.25) is 0 Å². The molecule has 1 unspecified atom stereocenters. The zero-order valence-corrected chi connectivity index (χ0v) is 15.5. The number of benzene rings is 1. The quantitative estimate of drug-likeness (QED) is 0.836. The Bertz CT molecular complexity index is 1040. The smallest absolute Gasteiger partial charge is 0.251 e. The number of nitrogens with one attached hydrogen (secondary N) is 1. The molecule has 1 heterocycles. The van der Waals surface area contributed by atoms with Crippen molar-refractivity contribution < 1.29 is 17.2 Å². The first-order valence-electron chi connectivity index (χ1n) is 9.32. The second kappa shape index (κ2) is 5.68. The summed E-state index contributed by atoms with van der Waals surface area (Å²) in [5.41, 5.74) is 8.63. The summed E-state index contributed by atoms with van der Waals surface area (Å²) in [5, 5.41) is 1.38. The number of halogens is 2. The van der Waals surface area contributed by atoms with Crippen molar-refractivity contribution >= 4 is 20.8 Å². The van der Waals surface area contributed by atoms with E-state index in [4.69, 9.17) is 5.73 Å². The summed E-state index contributed by atoms with van der Waals surface area (Å²) in [6.45, 7) is 0. The fourth-order valence-corrected chi connectivity index (χ4v) is 6.06. The minimum absolute atomic E-state index is 0.130. The van der Waals surface area contributed by atoms with E-state index in [0.29, 0.717) is 24.1 Å². The molecule has 0 amide bonds. The SMILES string of the molecule is NC1Cc2cc3cnc(C4CC4)cc3c(S(=O)(=O)NC3CC(F)(F)C3)c2C1. The number of fused-ring (bicyclic) bond motifs is 2. The van der Waals surface area contributed by atoms with E-state index in [1.54, 1.807) is 6.20 Å². The number of pyridine rings is 1. The number of sulfonamides is 1. The van der Waals surface area contributed by atoms with Crippen LogP contribution >= 0.6 is 0 Å². The third kappa shape index (κ3) is 3.03. The molecule has 144 valence electrons. The number of nitrogens with zero attached hydrogens (tertiary/aromatic N) is 1. The molecule has 0 radical (unpaired) electrons. The van der Waals surface area contributed by atoms with Gasteiger partial charge in [-0.15, -0.1) is 0 Å². The van der Waals surface area contributed by atoms with Gasteiger partial charge in [-0.3, -0.25) is 4.98 Å². The Morgan fingerprint density at radius 3 is 2.59 bits per heavy atom. The molecule has 3 aliphatic rings. The monoisotopic (exact) mass is 393 g/mol. The lowest BCUT2D eigenvalue weighted by Crippen LogP contribution is -2.50. The van der Waals surface area contributed by atoms with Crippen molar-refractivity contribution in [3.63, 3.8) is 0 Å². The lowest BCUT2D eigenvalue weighted by atomic mass is 9.89. The molecular weight excluding hydrogens is 372 g/mol. The maximum Gasteiger partial charge on any atom is 0.251 e. The first kappa shape index (κ1) is 17.5. The number of hydrogen-bond donors (Lipinski definition) is 2. The van der Waals surface area contributed by atoms with E-state index in [9.17, 15) is 17.2 Å². The minimum atomic E-state index is -3.93. The molecule has 0 bridgehead atoms. The second-order valence-electron chi connectivity index (χ2n) is 8.20. The van der Waals surface area contributed by atoms with Gasteiger partial charge in [0.05, 0.1) is 4.90 Å². The lowest BCUT2D eigenvalue weighted by Gasteiger charge is -2.35. The van der Waals surface area contributed by atoms with Crippen molar-refractivity contribution in [2.45, 2.75) is 67.3 Å². The van der Waals surface area contributed by atoms with Crippen LogP contribution in [-0.4, -0.2) is 31.4 Å². The zero-order chi connectivity index (χ0) is 19.0. The second-order valence-corrected chi connectivity index (χ2v) is 9.85. The fourth-order valence-electron chi connectivity index (χ4n) is 4.33. The highest BCUT2D eigenvalue weighted by molar-refractivity contribution is 7.89. The van der Waals surface area contributed by atoms with E-state index in [1.807, 2.05) is 12.1 Å². The van der Waals surface area contributed by atoms with Crippen molar-refractivity contribution in [2.24, 2.45) is 5.73 Å². The van der Waals surface area contributed by atoms with Gasteiger partial charge in [0.2, 0.25) is 10.0 Å². The molecule has 1 aromatic heterocycles. The maximum absolute atomic E-state index is 13.2. The lowest BCUT2D eigenvalue weighted by molar-refractivity contribution is -0.0876. The van der Waals surface area contributed by atoms with Crippen LogP contribution in [0.3, 0.4) is 0 Å². The predicted octanol–water partition coefficient (Wildman–Crippen LogP) is 2.61. The van der Waals surface area contributed by atoms with Crippen molar-refractivity contribution in [1.29, 1.82) is 0 Å². The van der Waals surface area contributed by atoms with Crippen molar-refractivity contribution in [3.05, 3.63) is 35.2 Å². The Kier molecular flexibility index (Phi) is 3.68. The summed E-state index contributed by atoms with van der Waals surface area (Å²) in [6, 6.07) is 2.98. The van der Waals surface area contributed by atoms with Gasteiger partial charge < -0.3 is 5.73 Å². The molecule has 3 N–H and O–H groups in total. The van der Waals surface area contributed by atoms with E-state index in [-0.39, 0.29) is 10.9 Å². The van der Waals surface area contributed by atoms with Crippen molar-refractivity contribution in [3.8, 4) is 0 Å². The van der Waals surface area contributed by atoms with Crippen LogP contribution in [0.5, 0.6) is 0 Å². The zero-order valence-electron chi connectivity index (χ0n) is 14.7. The van der Waals surface area contributed by atoms with Crippen LogP contribution < -0.4 is 10.5 Å². The third-order valence-corrected chi connectivity index (χ3v) is 7.46. The number of aromatic nitrogens is 1. The molecule has 1 atom stereocenters. The summed E-state index contributed by atoms with van der Waals surface area (Å²) in [4.78, 5) is 4.71. The third-order valence-electron chi connectivity index (χ3n) is 5.82. The van der Waals surface area contributed by atoms with E-state index in [2.05, 4.69) is 9.71 Å². The Morgan fingerprint density at radius 2 is 1.93 bits per heavy atom. The first-order valence-corrected chi connectivity index (χ1v) is 10.8. The Hall–Kier alpha value is -1.64. The van der Waals surface area contributed by atoms with Crippen LogP contribution in [0, 0.1) is 0 Å². The van der Waals surface area contributed by atoms with Gasteiger partial charge in [-0.25, -0.2) is 21.9 Å². The molecule has 2 fully saturated rings. The predicted molar refractivity (Wildman–Crippen MR) is 97.4 cm³/mol. The average molecular weight is 393 g/mol. The van der Waals surface area contributed by atoms with Gasteiger partial charge in [-0.1, -0.05) is 0 Å². The Balaban J connectivity index is 1.64. The van der Waals surface area contributed by atoms with Crippen molar-refractivity contribution in [1.82, 2.24) is 9.71 Å². The molecule has 27 heavy (non-hydrogen) atoms. The van der Waals surface area contributed by atoms with Crippen LogP contribution in [0.25, 0.3) is 10.8 Å². The van der Waals surface area contributed by atoms with Gasteiger partial charge in [-0.05, 0) is 48.9 Å². The molecule has 2 saturated carbocycles. The fraction of sp³-hybridized carbons (Fsp3) is 0.526. The van der Waals surface area contributed by atoms with E-state index < -0.39 is 34.8 Å². The van der Waals surface area contributed by atoms with Gasteiger partial charge in [0.15, 0.2) is 0 Å². The van der Waals surface area contributed by atoms with Gasteiger partial charge in [-0.2, -0.15) is 0 Å². The van der Waals surface area contributed by atoms with E-state index in [0.717, 1.165) is 35.0 Å².